The first kappa shape index (κ1) is 15.0. The molecule has 4 rings (SSSR count). The van der Waals surface area contributed by atoms with Crippen LogP contribution >= 0.6 is 11.8 Å². The lowest BCUT2D eigenvalue weighted by Crippen LogP contribution is -2.29. The average Bonchev–Trinajstić information content (AvgIpc) is 3.14. The van der Waals surface area contributed by atoms with Crippen molar-refractivity contribution in [2.45, 2.75) is 43.6 Å². The van der Waals surface area contributed by atoms with Crippen molar-refractivity contribution in [3.8, 4) is 0 Å². The van der Waals surface area contributed by atoms with Crippen molar-refractivity contribution in [1.82, 2.24) is 9.88 Å². The third-order valence-corrected chi connectivity index (χ3v) is 5.97. The zero-order valence-corrected chi connectivity index (χ0v) is 14.2. The Kier molecular flexibility index (Phi) is 4.25. The van der Waals surface area contributed by atoms with Crippen molar-refractivity contribution in [1.29, 1.82) is 0 Å². The van der Waals surface area contributed by atoms with Crippen LogP contribution in [-0.2, 0) is 17.6 Å². The molecular weight excluding hydrogens is 304 g/mol. The van der Waals surface area contributed by atoms with E-state index in [1.807, 2.05) is 11.0 Å². The number of fused-ring (bicyclic) bond motifs is 3. The van der Waals surface area contributed by atoms with Gasteiger partial charge in [0.25, 0.3) is 0 Å². The highest BCUT2D eigenvalue weighted by molar-refractivity contribution is 7.99. The first-order valence-corrected chi connectivity index (χ1v) is 9.62. The second-order valence-electron chi connectivity index (χ2n) is 6.47. The number of carbonyl (C=O) groups excluding carboxylic acids is 1. The van der Waals surface area contributed by atoms with Gasteiger partial charge in [-0.2, -0.15) is 0 Å². The summed E-state index contributed by atoms with van der Waals surface area (Å²) in [6, 6.07) is 8.43. The maximum Gasteiger partial charge on any atom is 0.232 e. The Labute approximate surface area is 141 Å². The fourth-order valence-electron chi connectivity index (χ4n) is 3.75. The van der Waals surface area contributed by atoms with Crippen LogP contribution < -0.4 is 0 Å². The number of hydrogen-bond donors (Lipinski definition) is 0. The molecule has 0 saturated carbocycles. The standard InChI is InChI=1S/C19H22N2OS/c22-18(21-11-5-6-12-21)13-23-19-16-9-2-1-7-14(16)15-8-3-4-10-17(15)20-19/h3-4,8,10H,1-2,5-7,9,11-13H2. The summed E-state index contributed by atoms with van der Waals surface area (Å²) in [4.78, 5) is 19.2. The molecule has 1 aromatic heterocycles. The molecule has 1 aliphatic heterocycles. The fraction of sp³-hybridized carbons (Fsp3) is 0.474. The summed E-state index contributed by atoms with van der Waals surface area (Å²) in [5, 5.41) is 2.39. The fourth-order valence-corrected chi connectivity index (χ4v) is 4.75. The second-order valence-corrected chi connectivity index (χ2v) is 7.44. The highest BCUT2D eigenvalue weighted by atomic mass is 32.2. The van der Waals surface area contributed by atoms with E-state index in [0.29, 0.717) is 5.75 Å². The van der Waals surface area contributed by atoms with Gasteiger partial charge in [-0.25, -0.2) is 4.98 Å². The molecule has 1 aromatic carbocycles. The van der Waals surface area contributed by atoms with Crippen molar-refractivity contribution >= 4 is 28.6 Å². The molecule has 1 saturated heterocycles. The highest BCUT2D eigenvalue weighted by Crippen LogP contribution is 2.34. The number of thioether (sulfide) groups is 1. The number of para-hydroxylation sites is 1. The summed E-state index contributed by atoms with van der Waals surface area (Å²) >= 11 is 1.64. The number of hydrogen-bond acceptors (Lipinski definition) is 3. The van der Waals surface area contributed by atoms with E-state index in [2.05, 4.69) is 18.2 Å². The van der Waals surface area contributed by atoms with Gasteiger partial charge in [-0.15, -0.1) is 0 Å². The van der Waals surface area contributed by atoms with E-state index >= 15 is 0 Å². The molecule has 2 aliphatic rings. The number of aromatic nitrogens is 1. The van der Waals surface area contributed by atoms with Crippen molar-refractivity contribution in [3.63, 3.8) is 0 Å². The monoisotopic (exact) mass is 326 g/mol. The molecule has 1 aliphatic carbocycles. The summed E-state index contributed by atoms with van der Waals surface area (Å²) in [6.45, 7) is 1.87. The SMILES string of the molecule is O=C(CSc1nc2ccccc2c2c1CCCC2)N1CCCC1. The van der Waals surface area contributed by atoms with E-state index < -0.39 is 0 Å². The van der Waals surface area contributed by atoms with Crippen LogP contribution in [0.2, 0.25) is 0 Å². The Morgan fingerprint density at radius 1 is 1.04 bits per heavy atom. The van der Waals surface area contributed by atoms with Crippen LogP contribution in [0.1, 0.15) is 36.8 Å². The number of nitrogens with zero attached hydrogens (tertiary/aromatic N) is 2. The molecule has 0 radical (unpaired) electrons. The minimum Gasteiger partial charge on any atom is -0.342 e. The lowest BCUT2D eigenvalue weighted by molar-refractivity contribution is -0.127. The van der Waals surface area contributed by atoms with Gasteiger partial charge >= 0.3 is 0 Å². The predicted octanol–water partition coefficient (Wildman–Crippen LogP) is 3.83. The number of aryl methyl sites for hydroxylation is 1. The molecule has 0 N–H and O–H groups in total. The molecular formula is C19H22N2OS. The summed E-state index contributed by atoms with van der Waals surface area (Å²) in [6.07, 6.45) is 7.05. The summed E-state index contributed by atoms with van der Waals surface area (Å²) in [5.74, 6) is 0.796. The van der Waals surface area contributed by atoms with Gasteiger partial charge in [-0.05, 0) is 55.7 Å². The molecule has 3 nitrogen and oxygen atoms in total. The lowest BCUT2D eigenvalue weighted by atomic mass is 9.90. The Balaban J connectivity index is 1.62. The summed E-state index contributed by atoms with van der Waals surface area (Å²) in [7, 11) is 0. The Hall–Kier alpha value is -1.55. The minimum atomic E-state index is 0.270. The number of rotatable bonds is 3. The van der Waals surface area contributed by atoms with Crippen molar-refractivity contribution < 1.29 is 4.79 Å². The van der Waals surface area contributed by atoms with Crippen LogP contribution in [0.3, 0.4) is 0 Å². The van der Waals surface area contributed by atoms with Gasteiger partial charge < -0.3 is 4.90 Å². The maximum atomic E-state index is 12.3. The van der Waals surface area contributed by atoms with Crippen LogP contribution in [0.15, 0.2) is 29.3 Å². The van der Waals surface area contributed by atoms with Crippen LogP contribution in [0, 0.1) is 0 Å². The van der Waals surface area contributed by atoms with Crippen LogP contribution in [-0.4, -0.2) is 34.6 Å². The minimum absolute atomic E-state index is 0.270. The van der Waals surface area contributed by atoms with Gasteiger partial charge in [0.05, 0.1) is 11.3 Å². The normalized spacial score (nSPS) is 17.5. The first-order valence-electron chi connectivity index (χ1n) is 8.64. The Morgan fingerprint density at radius 3 is 2.61 bits per heavy atom. The molecule has 120 valence electrons. The van der Waals surface area contributed by atoms with Crippen molar-refractivity contribution in [2.24, 2.45) is 0 Å². The van der Waals surface area contributed by atoms with Crippen molar-refractivity contribution in [3.05, 3.63) is 35.4 Å². The smallest absolute Gasteiger partial charge is 0.232 e. The predicted molar refractivity (Wildman–Crippen MR) is 94.9 cm³/mol. The molecule has 0 atom stereocenters. The van der Waals surface area contributed by atoms with E-state index in [0.717, 1.165) is 49.3 Å². The van der Waals surface area contributed by atoms with E-state index in [1.165, 1.54) is 29.4 Å². The van der Waals surface area contributed by atoms with Gasteiger partial charge in [0.15, 0.2) is 0 Å². The van der Waals surface area contributed by atoms with Gasteiger partial charge in [-0.1, -0.05) is 30.0 Å². The number of benzene rings is 1. The van der Waals surface area contributed by atoms with E-state index in [-0.39, 0.29) is 5.91 Å². The highest BCUT2D eigenvalue weighted by Gasteiger charge is 2.21. The Bertz CT molecular complexity index is 737. The summed E-state index contributed by atoms with van der Waals surface area (Å²) in [5.41, 5.74) is 3.94. The van der Waals surface area contributed by atoms with Crippen LogP contribution in [0.4, 0.5) is 0 Å². The molecule has 1 amide bonds. The number of carbonyl (C=O) groups is 1. The van der Waals surface area contributed by atoms with Crippen LogP contribution in [0.5, 0.6) is 0 Å². The average molecular weight is 326 g/mol. The molecule has 2 aromatic rings. The molecule has 0 unspecified atom stereocenters. The van der Waals surface area contributed by atoms with Gasteiger partial charge in [0.1, 0.15) is 5.03 Å². The zero-order chi connectivity index (χ0) is 15.6. The van der Waals surface area contributed by atoms with Crippen molar-refractivity contribution in [2.75, 3.05) is 18.8 Å². The summed E-state index contributed by atoms with van der Waals surface area (Å²) < 4.78 is 0. The quantitative estimate of drug-likeness (QED) is 0.804. The van der Waals surface area contributed by atoms with E-state index in [1.54, 1.807) is 11.8 Å². The Morgan fingerprint density at radius 2 is 1.78 bits per heavy atom. The second kappa shape index (κ2) is 6.52. The lowest BCUT2D eigenvalue weighted by Gasteiger charge is -2.21. The number of amides is 1. The maximum absolute atomic E-state index is 12.3. The zero-order valence-electron chi connectivity index (χ0n) is 13.4. The van der Waals surface area contributed by atoms with Gasteiger partial charge in [-0.3, -0.25) is 4.79 Å². The number of likely N-dealkylation sites (tertiary alicyclic amines) is 1. The third-order valence-electron chi connectivity index (χ3n) is 4.97. The molecule has 0 spiro atoms. The first-order chi connectivity index (χ1) is 11.3. The van der Waals surface area contributed by atoms with Gasteiger partial charge in [0, 0.05) is 18.5 Å². The largest absolute Gasteiger partial charge is 0.342 e. The molecule has 0 bridgehead atoms. The van der Waals surface area contributed by atoms with Crippen LogP contribution in [0.25, 0.3) is 10.9 Å². The van der Waals surface area contributed by atoms with Gasteiger partial charge in [0.2, 0.25) is 5.91 Å². The molecule has 23 heavy (non-hydrogen) atoms. The topological polar surface area (TPSA) is 33.2 Å². The molecule has 4 heteroatoms. The number of pyridine rings is 1. The van der Waals surface area contributed by atoms with E-state index in [4.69, 9.17) is 4.98 Å². The third kappa shape index (κ3) is 2.97. The van der Waals surface area contributed by atoms with E-state index in [9.17, 15) is 4.79 Å². The molecule has 2 heterocycles. The molecule has 1 fully saturated rings.